The molecule has 5 nitrogen and oxygen atoms in total. The van der Waals surface area contributed by atoms with Crippen molar-refractivity contribution in [2.45, 2.75) is 18.9 Å². The number of piperidine rings is 1. The quantitative estimate of drug-likeness (QED) is 0.780. The van der Waals surface area contributed by atoms with E-state index in [0.29, 0.717) is 11.5 Å². The second-order valence-corrected chi connectivity index (χ2v) is 5.14. The second kappa shape index (κ2) is 5.19. The first-order valence-corrected chi connectivity index (χ1v) is 6.78. The summed E-state index contributed by atoms with van der Waals surface area (Å²) in [5.41, 5.74) is 2.56. The zero-order valence-corrected chi connectivity index (χ0v) is 11.0. The molecule has 2 heterocycles. The van der Waals surface area contributed by atoms with Gasteiger partial charge in [-0.2, -0.15) is 0 Å². The van der Waals surface area contributed by atoms with Crippen LogP contribution >= 0.6 is 0 Å². The summed E-state index contributed by atoms with van der Waals surface area (Å²) in [6.45, 7) is 2.14. The molecule has 0 amide bonds. The molecule has 3 N–H and O–H groups in total. The first-order chi connectivity index (χ1) is 9.28. The maximum atomic E-state index is 11.2. The molecular weight excluding hydrogens is 242 g/mol. The minimum absolute atomic E-state index is 0.289. The zero-order valence-electron chi connectivity index (χ0n) is 11.0. The van der Waals surface area contributed by atoms with Crippen LogP contribution in [0, 0.1) is 5.92 Å². The third-order valence-electron chi connectivity index (χ3n) is 3.92. The molecular formula is C14H19N3O2. The van der Waals surface area contributed by atoms with Gasteiger partial charge in [-0.25, -0.2) is 4.79 Å². The van der Waals surface area contributed by atoms with Crippen molar-refractivity contribution in [1.82, 2.24) is 15.6 Å². The van der Waals surface area contributed by atoms with Gasteiger partial charge in [0.05, 0.1) is 5.52 Å². The lowest BCUT2D eigenvalue weighted by atomic mass is 9.87. The van der Waals surface area contributed by atoms with Gasteiger partial charge < -0.3 is 15.1 Å². The number of hydrogen-bond donors (Lipinski definition) is 3. The van der Waals surface area contributed by atoms with Gasteiger partial charge in [0.1, 0.15) is 0 Å². The Bertz CT molecular complexity index is 610. The molecule has 0 saturated carbocycles. The molecule has 1 aliphatic heterocycles. The number of fused-ring (bicyclic) bond motifs is 1. The van der Waals surface area contributed by atoms with Crippen molar-refractivity contribution in [2.75, 3.05) is 20.1 Å². The van der Waals surface area contributed by atoms with E-state index in [-0.39, 0.29) is 6.04 Å². The standard InChI is InChI=1S/C14H19N3O2/c1-15-13(10-3-2-6-16-8-10)9-4-5-11-12(7-9)19-14(18)17-11/h4-5,7,10,13,15-16H,2-3,6,8H2,1H3,(H,17,18). The Balaban J connectivity index is 1.93. The van der Waals surface area contributed by atoms with Crippen LogP contribution in [-0.4, -0.2) is 25.1 Å². The third-order valence-corrected chi connectivity index (χ3v) is 3.92. The molecule has 0 aliphatic carbocycles. The Hall–Kier alpha value is -1.59. The van der Waals surface area contributed by atoms with Crippen LogP contribution < -0.4 is 16.4 Å². The normalized spacial score (nSPS) is 21.6. The van der Waals surface area contributed by atoms with Gasteiger partial charge in [-0.05, 0) is 56.6 Å². The van der Waals surface area contributed by atoms with Crippen LogP contribution in [0.2, 0.25) is 0 Å². The molecule has 2 aromatic rings. The summed E-state index contributed by atoms with van der Waals surface area (Å²) in [7, 11) is 1.98. The largest absolute Gasteiger partial charge is 0.417 e. The number of benzene rings is 1. The van der Waals surface area contributed by atoms with Gasteiger partial charge in [-0.15, -0.1) is 0 Å². The predicted molar refractivity (Wildman–Crippen MR) is 74.2 cm³/mol. The average molecular weight is 261 g/mol. The molecule has 19 heavy (non-hydrogen) atoms. The first-order valence-electron chi connectivity index (χ1n) is 6.78. The smallest absolute Gasteiger partial charge is 0.408 e. The summed E-state index contributed by atoms with van der Waals surface area (Å²) in [5.74, 6) is 0.175. The van der Waals surface area contributed by atoms with Crippen LogP contribution in [0.4, 0.5) is 0 Å². The maximum Gasteiger partial charge on any atom is 0.417 e. The SMILES string of the molecule is CNC(c1ccc2[nH]c(=O)oc2c1)C1CCCNC1. The lowest BCUT2D eigenvalue weighted by molar-refractivity contribution is 0.298. The molecule has 0 radical (unpaired) electrons. The van der Waals surface area contributed by atoms with E-state index in [2.05, 4.69) is 21.7 Å². The van der Waals surface area contributed by atoms with E-state index < -0.39 is 5.76 Å². The van der Waals surface area contributed by atoms with Crippen LogP contribution in [0.3, 0.4) is 0 Å². The molecule has 0 spiro atoms. The van der Waals surface area contributed by atoms with E-state index in [0.717, 1.165) is 18.6 Å². The summed E-state index contributed by atoms with van der Waals surface area (Å²) in [6.07, 6.45) is 2.43. The topological polar surface area (TPSA) is 70.1 Å². The zero-order chi connectivity index (χ0) is 13.2. The third kappa shape index (κ3) is 2.43. The summed E-state index contributed by atoms with van der Waals surface area (Å²) in [4.78, 5) is 13.9. The Morgan fingerprint density at radius 1 is 1.47 bits per heavy atom. The number of aromatic nitrogens is 1. The van der Waals surface area contributed by atoms with Crippen molar-refractivity contribution in [3.05, 3.63) is 34.3 Å². The minimum Gasteiger partial charge on any atom is -0.408 e. The number of H-pyrrole nitrogens is 1. The summed E-state index contributed by atoms with van der Waals surface area (Å²) >= 11 is 0. The number of nitrogens with one attached hydrogen (secondary N) is 3. The molecule has 102 valence electrons. The Labute approximate surface area is 111 Å². The number of rotatable bonds is 3. The molecule has 1 aliphatic rings. The monoisotopic (exact) mass is 261 g/mol. The van der Waals surface area contributed by atoms with Gasteiger partial charge >= 0.3 is 5.76 Å². The highest BCUT2D eigenvalue weighted by Crippen LogP contribution is 2.28. The lowest BCUT2D eigenvalue weighted by Crippen LogP contribution is -2.37. The van der Waals surface area contributed by atoms with Gasteiger partial charge in [0, 0.05) is 6.04 Å². The van der Waals surface area contributed by atoms with Gasteiger partial charge in [0.2, 0.25) is 0 Å². The average Bonchev–Trinajstić information content (AvgIpc) is 2.80. The first kappa shape index (κ1) is 12.4. The van der Waals surface area contributed by atoms with Crippen molar-refractivity contribution < 1.29 is 4.42 Å². The van der Waals surface area contributed by atoms with E-state index in [1.165, 1.54) is 18.4 Å². The van der Waals surface area contributed by atoms with Crippen molar-refractivity contribution in [3.63, 3.8) is 0 Å². The van der Waals surface area contributed by atoms with Gasteiger partial charge in [0.25, 0.3) is 0 Å². The van der Waals surface area contributed by atoms with E-state index >= 15 is 0 Å². The molecule has 2 unspecified atom stereocenters. The van der Waals surface area contributed by atoms with E-state index in [4.69, 9.17) is 4.42 Å². The molecule has 1 aromatic carbocycles. The predicted octanol–water partition coefficient (Wildman–Crippen LogP) is 1.38. The highest BCUT2D eigenvalue weighted by Gasteiger charge is 2.24. The molecule has 5 heteroatoms. The van der Waals surface area contributed by atoms with E-state index in [1.807, 2.05) is 19.2 Å². The molecule has 1 saturated heterocycles. The summed E-state index contributed by atoms with van der Waals surface area (Å²) in [5, 5.41) is 6.83. The van der Waals surface area contributed by atoms with Crippen molar-refractivity contribution in [1.29, 1.82) is 0 Å². The number of oxazole rings is 1. The van der Waals surface area contributed by atoms with E-state index in [9.17, 15) is 4.79 Å². The van der Waals surface area contributed by atoms with Crippen LogP contribution in [0.25, 0.3) is 11.1 Å². The molecule has 3 rings (SSSR count). The highest BCUT2D eigenvalue weighted by molar-refractivity contribution is 5.72. The Morgan fingerprint density at radius 2 is 2.37 bits per heavy atom. The molecule has 0 bridgehead atoms. The second-order valence-electron chi connectivity index (χ2n) is 5.14. The van der Waals surface area contributed by atoms with Gasteiger partial charge in [-0.3, -0.25) is 4.98 Å². The van der Waals surface area contributed by atoms with Crippen LogP contribution in [-0.2, 0) is 0 Å². The fraction of sp³-hybridized carbons (Fsp3) is 0.500. The highest BCUT2D eigenvalue weighted by atomic mass is 16.4. The molecule has 1 aromatic heterocycles. The van der Waals surface area contributed by atoms with Gasteiger partial charge in [-0.1, -0.05) is 6.07 Å². The molecule has 2 atom stereocenters. The lowest BCUT2D eigenvalue weighted by Gasteiger charge is -2.30. The molecule has 1 fully saturated rings. The fourth-order valence-corrected chi connectivity index (χ4v) is 2.99. The summed E-state index contributed by atoms with van der Waals surface area (Å²) < 4.78 is 5.14. The van der Waals surface area contributed by atoms with Crippen LogP contribution in [0.5, 0.6) is 0 Å². The Morgan fingerprint density at radius 3 is 3.11 bits per heavy atom. The summed E-state index contributed by atoms with van der Waals surface area (Å²) in [6, 6.07) is 6.22. The van der Waals surface area contributed by atoms with Crippen molar-refractivity contribution >= 4 is 11.1 Å². The van der Waals surface area contributed by atoms with E-state index in [1.54, 1.807) is 0 Å². The maximum absolute atomic E-state index is 11.2. The van der Waals surface area contributed by atoms with Crippen molar-refractivity contribution in [3.8, 4) is 0 Å². The van der Waals surface area contributed by atoms with Crippen LogP contribution in [0.15, 0.2) is 27.4 Å². The number of hydrogen-bond acceptors (Lipinski definition) is 4. The fourth-order valence-electron chi connectivity index (χ4n) is 2.99. The van der Waals surface area contributed by atoms with Gasteiger partial charge in [0.15, 0.2) is 5.58 Å². The number of aromatic amines is 1. The van der Waals surface area contributed by atoms with Crippen molar-refractivity contribution in [2.24, 2.45) is 5.92 Å². The Kier molecular flexibility index (Phi) is 3.40. The minimum atomic E-state index is -0.396. The van der Waals surface area contributed by atoms with Crippen LogP contribution in [0.1, 0.15) is 24.4 Å².